The van der Waals surface area contributed by atoms with Crippen LogP contribution in [0.1, 0.15) is 45.5 Å². The van der Waals surface area contributed by atoms with Crippen LogP contribution in [0.25, 0.3) is 10.9 Å². The van der Waals surface area contributed by atoms with Gasteiger partial charge in [0, 0.05) is 37.4 Å². The molecule has 1 aromatic carbocycles. The molecular weight excluding hydrogens is 368 g/mol. The Hall–Kier alpha value is -3.48. The topological polar surface area (TPSA) is 95.2 Å². The summed E-state index contributed by atoms with van der Waals surface area (Å²) in [7, 11) is 1.64. The molecule has 0 saturated heterocycles. The number of amides is 2. The van der Waals surface area contributed by atoms with Crippen LogP contribution in [0.4, 0.5) is 0 Å². The van der Waals surface area contributed by atoms with Crippen molar-refractivity contribution in [2.75, 3.05) is 7.05 Å². The van der Waals surface area contributed by atoms with Gasteiger partial charge < -0.3 is 15.2 Å². The summed E-state index contributed by atoms with van der Waals surface area (Å²) < 4.78 is 0. The summed E-state index contributed by atoms with van der Waals surface area (Å²) in [5.74, 6) is -0.715. The van der Waals surface area contributed by atoms with Crippen LogP contribution in [0.15, 0.2) is 53.6 Å². The Kier molecular flexibility index (Phi) is 5.12. The minimum Gasteiger partial charge on any atom is -0.349 e. The van der Waals surface area contributed by atoms with Gasteiger partial charge in [0.05, 0.1) is 11.1 Å². The molecule has 1 aliphatic rings. The number of hydrogen-bond donors (Lipinski definition) is 2. The zero-order valence-electron chi connectivity index (χ0n) is 16.1. The molecule has 0 bridgehead atoms. The number of aromatic amines is 1. The molecule has 2 amide bonds. The number of carbonyl (C=O) groups is 2. The summed E-state index contributed by atoms with van der Waals surface area (Å²) in [5, 5.41) is 3.87. The number of H-pyrrole nitrogens is 1. The van der Waals surface area contributed by atoms with Crippen molar-refractivity contribution in [1.29, 1.82) is 0 Å². The van der Waals surface area contributed by atoms with E-state index in [1.54, 1.807) is 13.2 Å². The van der Waals surface area contributed by atoms with E-state index in [1.807, 2.05) is 30.3 Å². The lowest BCUT2D eigenvalue weighted by molar-refractivity contribution is 0.0784. The van der Waals surface area contributed by atoms with Crippen molar-refractivity contribution in [3.05, 3.63) is 75.8 Å². The van der Waals surface area contributed by atoms with E-state index in [-0.39, 0.29) is 23.1 Å². The van der Waals surface area contributed by atoms with E-state index in [1.165, 1.54) is 17.2 Å². The van der Waals surface area contributed by atoms with Gasteiger partial charge in [0.25, 0.3) is 17.4 Å². The largest absolute Gasteiger partial charge is 0.349 e. The molecule has 3 aromatic rings. The zero-order chi connectivity index (χ0) is 20.4. The summed E-state index contributed by atoms with van der Waals surface area (Å²) in [6.45, 7) is 0.319. The minimum absolute atomic E-state index is 0.0490. The number of carbonyl (C=O) groups excluding carboxylic acids is 2. The average Bonchev–Trinajstić information content (AvgIpc) is 2.70. The Morgan fingerprint density at radius 1 is 1.24 bits per heavy atom. The number of pyridine rings is 2. The van der Waals surface area contributed by atoms with Crippen LogP contribution in [0, 0.1) is 0 Å². The fourth-order valence-electron chi connectivity index (χ4n) is 3.43. The predicted octanol–water partition coefficient (Wildman–Crippen LogP) is 2.48. The van der Waals surface area contributed by atoms with Crippen molar-refractivity contribution in [2.24, 2.45) is 0 Å². The summed E-state index contributed by atoms with van der Waals surface area (Å²) in [4.78, 5) is 45.9. The highest BCUT2D eigenvalue weighted by molar-refractivity contribution is 5.99. The van der Waals surface area contributed by atoms with Gasteiger partial charge in [0.2, 0.25) is 0 Å². The Labute approximate surface area is 167 Å². The van der Waals surface area contributed by atoms with Gasteiger partial charge in [0.1, 0.15) is 5.56 Å². The number of nitrogens with one attached hydrogen (secondary N) is 2. The van der Waals surface area contributed by atoms with Gasteiger partial charge >= 0.3 is 0 Å². The van der Waals surface area contributed by atoms with Gasteiger partial charge in [-0.25, -0.2) is 0 Å². The van der Waals surface area contributed by atoms with Crippen LogP contribution in [-0.2, 0) is 6.54 Å². The second-order valence-corrected chi connectivity index (χ2v) is 7.38. The molecule has 0 spiro atoms. The first kappa shape index (κ1) is 18.9. The summed E-state index contributed by atoms with van der Waals surface area (Å²) in [5.41, 5.74) is 1.50. The Bertz CT molecular complexity index is 1130. The molecule has 7 heteroatoms. The number of nitrogens with zero attached hydrogens (tertiary/aromatic N) is 2. The van der Waals surface area contributed by atoms with E-state index in [9.17, 15) is 14.4 Å². The molecule has 148 valence electrons. The standard InChI is InChI=1S/C22H22N4O3/c1-26(13-14-5-2-9-19-17(14)8-4-10-23-19)22(29)18-11-15(12-24-21(18)28)20(27)25-16-6-3-7-16/h2,4-5,8-12,16H,3,6-7,13H2,1H3,(H,24,28)(H,25,27). The first-order chi connectivity index (χ1) is 14.0. The maximum atomic E-state index is 12.9. The summed E-state index contributed by atoms with van der Waals surface area (Å²) in [6.07, 6.45) is 6.10. The predicted molar refractivity (Wildman–Crippen MR) is 110 cm³/mol. The number of fused-ring (bicyclic) bond motifs is 1. The Morgan fingerprint density at radius 2 is 2.07 bits per heavy atom. The van der Waals surface area contributed by atoms with Crippen LogP contribution in [0.2, 0.25) is 0 Å². The number of benzene rings is 1. The van der Waals surface area contributed by atoms with Crippen LogP contribution in [-0.4, -0.2) is 39.8 Å². The number of aromatic nitrogens is 2. The highest BCUT2D eigenvalue weighted by Gasteiger charge is 2.22. The normalized spacial score (nSPS) is 13.7. The molecule has 2 aromatic heterocycles. The minimum atomic E-state index is -0.512. The van der Waals surface area contributed by atoms with E-state index in [0.29, 0.717) is 6.54 Å². The molecule has 2 N–H and O–H groups in total. The zero-order valence-corrected chi connectivity index (χ0v) is 16.1. The average molecular weight is 390 g/mol. The van der Waals surface area contributed by atoms with Gasteiger partial charge in [0.15, 0.2) is 0 Å². The molecule has 0 aliphatic heterocycles. The SMILES string of the molecule is CN(Cc1cccc2ncccc12)C(=O)c1cc(C(=O)NC2CCC2)c[nH]c1=O. The van der Waals surface area contributed by atoms with Crippen LogP contribution >= 0.6 is 0 Å². The van der Waals surface area contributed by atoms with Crippen molar-refractivity contribution in [3.63, 3.8) is 0 Å². The van der Waals surface area contributed by atoms with E-state index in [2.05, 4.69) is 15.3 Å². The molecule has 2 heterocycles. The molecule has 1 saturated carbocycles. The van der Waals surface area contributed by atoms with Crippen molar-refractivity contribution < 1.29 is 9.59 Å². The molecule has 0 unspecified atom stereocenters. The fraction of sp³-hybridized carbons (Fsp3) is 0.273. The van der Waals surface area contributed by atoms with E-state index in [4.69, 9.17) is 0 Å². The second kappa shape index (κ2) is 7.87. The number of hydrogen-bond acceptors (Lipinski definition) is 4. The van der Waals surface area contributed by atoms with Crippen LogP contribution < -0.4 is 10.9 Å². The van der Waals surface area contributed by atoms with Gasteiger partial charge in [-0.3, -0.25) is 19.4 Å². The smallest absolute Gasteiger partial charge is 0.260 e. The third kappa shape index (κ3) is 3.89. The molecule has 7 nitrogen and oxygen atoms in total. The van der Waals surface area contributed by atoms with Crippen molar-refractivity contribution in [3.8, 4) is 0 Å². The van der Waals surface area contributed by atoms with E-state index in [0.717, 1.165) is 35.7 Å². The lowest BCUT2D eigenvalue weighted by Crippen LogP contribution is -2.40. The fourth-order valence-corrected chi connectivity index (χ4v) is 3.43. The van der Waals surface area contributed by atoms with Gasteiger partial charge in [-0.1, -0.05) is 18.2 Å². The molecular formula is C22H22N4O3. The maximum absolute atomic E-state index is 12.9. The third-order valence-corrected chi connectivity index (χ3v) is 5.33. The number of rotatable bonds is 5. The van der Waals surface area contributed by atoms with Gasteiger partial charge in [-0.2, -0.15) is 0 Å². The molecule has 4 rings (SSSR count). The first-order valence-corrected chi connectivity index (χ1v) is 9.64. The van der Waals surface area contributed by atoms with Crippen molar-refractivity contribution in [1.82, 2.24) is 20.2 Å². The molecule has 1 fully saturated rings. The van der Waals surface area contributed by atoms with Crippen LogP contribution in [0.5, 0.6) is 0 Å². The molecule has 29 heavy (non-hydrogen) atoms. The van der Waals surface area contributed by atoms with Gasteiger partial charge in [-0.05, 0) is 43.0 Å². The van der Waals surface area contributed by atoms with Gasteiger partial charge in [-0.15, -0.1) is 0 Å². The van der Waals surface area contributed by atoms with E-state index >= 15 is 0 Å². The Morgan fingerprint density at radius 3 is 2.83 bits per heavy atom. The maximum Gasteiger partial charge on any atom is 0.260 e. The van der Waals surface area contributed by atoms with Crippen molar-refractivity contribution >= 4 is 22.7 Å². The Balaban J connectivity index is 1.55. The molecule has 0 atom stereocenters. The highest BCUT2D eigenvalue weighted by atomic mass is 16.2. The van der Waals surface area contributed by atoms with E-state index < -0.39 is 11.5 Å². The third-order valence-electron chi connectivity index (χ3n) is 5.33. The van der Waals surface area contributed by atoms with Crippen molar-refractivity contribution in [2.45, 2.75) is 31.8 Å². The first-order valence-electron chi connectivity index (χ1n) is 9.64. The monoisotopic (exact) mass is 390 g/mol. The molecule has 1 aliphatic carbocycles. The lowest BCUT2D eigenvalue weighted by Gasteiger charge is -2.26. The quantitative estimate of drug-likeness (QED) is 0.700. The summed E-state index contributed by atoms with van der Waals surface area (Å²) in [6, 6.07) is 11.1. The van der Waals surface area contributed by atoms with Crippen LogP contribution in [0.3, 0.4) is 0 Å². The summed E-state index contributed by atoms with van der Waals surface area (Å²) >= 11 is 0. The highest BCUT2D eigenvalue weighted by Crippen LogP contribution is 2.19. The second-order valence-electron chi connectivity index (χ2n) is 7.38. The molecule has 0 radical (unpaired) electrons. The lowest BCUT2D eigenvalue weighted by atomic mass is 9.93.